The van der Waals surface area contributed by atoms with E-state index in [4.69, 9.17) is 44.3 Å². The fourth-order valence-corrected chi connectivity index (χ4v) is 3.11. The van der Waals surface area contributed by atoms with Crippen LogP contribution in [0, 0.1) is 0 Å². The topological polar surface area (TPSA) is 64.6 Å². The zero-order valence-corrected chi connectivity index (χ0v) is 17.7. The molecule has 2 rings (SSSR count). The summed E-state index contributed by atoms with van der Waals surface area (Å²) in [6.45, 7) is 3.18. The number of para-hydroxylation sites is 1. The predicted molar refractivity (Wildman–Crippen MR) is 112 cm³/mol. The van der Waals surface area contributed by atoms with E-state index >= 15 is 0 Å². The quantitative estimate of drug-likeness (QED) is 0.441. The molecule has 0 aliphatic carbocycles. The first-order chi connectivity index (χ1) is 13.3. The van der Waals surface area contributed by atoms with Crippen LogP contribution in [0.4, 0.5) is 5.69 Å². The second-order valence-electron chi connectivity index (χ2n) is 5.85. The Balaban J connectivity index is 1.88. The molecule has 5 nitrogen and oxygen atoms in total. The largest absolute Gasteiger partial charge is 0.480 e. The third kappa shape index (κ3) is 6.03. The molecule has 1 N–H and O–H groups in total. The average molecular weight is 445 g/mol. The minimum Gasteiger partial charge on any atom is -0.480 e. The van der Waals surface area contributed by atoms with E-state index in [0.717, 1.165) is 29.7 Å². The maximum atomic E-state index is 12.2. The van der Waals surface area contributed by atoms with Gasteiger partial charge < -0.3 is 14.8 Å². The van der Waals surface area contributed by atoms with Gasteiger partial charge >= 0.3 is 5.97 Å². The van der Waals surface area contributed by atoms with E-state index in [1.807, 2.05) is 32.0 Å². The van der Waals surface area contributed by atoms with Gasteiger partial charge in [0.25, 0.3) is 5.91 Å². The van der Waals surface area contributed by atoms with Gasteiger partial charge in [-0.3, -0.25) is 4.79 Å². The number of esters is 1. The van der Waals surface area contributed by atoms with Crippen molar-refractivity contribution in [3.8, 4) is 5.75 Å². The van der Waals surface area contributed by atoms with Gasteiger partial charge in [0.05, 0.1) is 15.1 Å². The van der Waals surface area contributed by atoms with Crippen LogP contribution in [-0.4, -0.2) is 25.1 Å². The number of rotatable bonds is 8. The lowest BCUT2D eigenvalue weighted by Crippen LogP contribution is -2.24. The summed E-state index contributed by atoms with van der Waals surface area (Å²) >= 11 is 17.7. The number of amides is 1. The first kappa shape index (κ1) is 22.3. The molecule has 0 bridgehead atoms. The van der Waals surface area contributed by atoms with E-state index in [0.29, 0.717) is 0 Å². The van der Waals surface area contributed by atoms with E-state index < -0.39 is 25.1 Å². The van der Waals surface area contributed by atoms with Crippen molar-refractivity contribution in [1.82, 2.24) is 0 Å². The van der Waals surface area contributed by atoms with Crippen LogP contribution in [0.15, 0.2) is 30.3 Å². The van der Waals surface area contributed by atoms with Crippen molar-refractivity contribution < 1.29 is 19.1 Å². The number of hydrogen-bond acceptors (Lipinski definition) is 4. The van der Waals surface area contributed by atoms with Gasteiger partial charge in [0.2, 0.25) is 0 Å². The second kappa shape index (κ2) is 10.6. The van der Waals surface area contributed by atoms with E-state index in [1.54, 1.807) is 0 Å². The Morgan fingerprint density at radius 1 is 0.929 bits per heavy atom. The maximum absolute atomic E-state index is 12.2. The third-order valence-corrected chi connectivity index (χ3v) is 4.97. The normalized spacial score (nSPS) is 10.5. The van der Waals surface area contributed by atoms with E-state index in [-0.39, 0.29) is 20.8 Å². The average Bonchev–Trinajstić information content (AvgIpc) is 2.68. The van der Waals surface area contributed by atoms with Crippen LogP contribution in [0.3, 0.4) is 0 Å². The molecular formula is C20H20Cl3NO4. The number of anilines is 1. The number of nitrogens with one attached hydrogen (secondary N) is 1. The predicted octanol–water partition coefficient (Wildman–Crippen LogP) is 5.33. The summed E-state index contributed by atoms with van der Waals surface area (Å²) in [5.41, 5.74) is 2.82. The lowest BCUT2D eigenvalue weighted by atomic mass is 10.0. The molecule has 0 aromatic heterocycles. The minimum atomic E-state index is -0.711. The monoisotopic (exact) mass is 443 g/mol. The van der Waals surface area contributed by atoms with Crippen LogP contribution in [-0.2, 0) is 27.2 Å². The summed E-state index contributed by atoms with van der Waals surface area (Å²) in [5.74, 6) is -0.935. The highest BCUT2D eigenvalue weighted by molar-refractivity contribution is 6.43. The summed E-state index contributed by atoms with van der Waals surface area (Å²) in [7, 11) is 0. The molecule has 1 amide bonds. The smallest absolute Gasteiger partial charge is 0.344 e. The van der Waals surface area contributed by atoms with Gasteiger partial charge in [0.15, 0.2) is 13.2 Å². The molecule has 0 saturated heterocycles. The fraction of sp³-hybridized carbons (Fsp3) is 0.300. The summed E-state index contributed by atoms with van der Waals surface area (Å²) in [5, 5.41) is 3.55. The Morgan fingerprint density at radius 3 is 2.14 bits per heavy atom. The number of carbonyl (C=O) groups is 2. The molecule has 2 aromatic carbocycles. The molecule has 8 heteroatoms. The molecule has 0 spiro atoms. The first-order valence-corrected chi connectivity index (χ1v) is 9.82. The van der Waals surface area contributed by atoms with Gasteiger partial charge in [-0.15, -0.1) is 0 Å². The molecule has 150 valence electrons. The highest BCUT2D eigenvalue weighted by Gasteiger charge is 2.14. The van der Waals surface area contributed by atoms with Crippen LogP contribution in [0.25, 0.3) is 0 Å². The van der Waals surface area contributed by atoms with Gasteiger partial charge in [0, 0.05) is 11.8 Å². The van der Waals surface area contributed by atoms with Crippen molar-refractivity contribution in [2.75, 3.05) is 18.5 Å². The van der Waals surface area contributed by atoms with E-state index in [1.165, 1.54) is 12.1 Å². The summed E-state index contributed by atoms with van der Waals surface area (Å²) in [4.78, 5) is 24.0. The molecule has 0 unspecified atom stereocenters. The zero-order chi connectivity index (χ0) is 20.7. The Kier molecular flexibility index (Phi) is 8.42. The number of carbonyl (C=O) groups excluding carboxylic acids is 2. The lowest BCUT2D eigenvalue weighted by molar-refractivity contribution is -0.149. The van der Waals surface area contributed by atoms with Gasteiger partial charge in [-0.05, 0) is 30.0 Å². The van der Waals surface area contributed by atoms with E-state index in [2.05, 4.69) is 5.32 Å². The van der Waals surface area contributed by atoms with Crippen molar-refractivity contribution in [3.63, 3.8) is 0 Å². The Bertz CT molecular complexity index is 849. The highest BCUT2D eigenvalue weighted by atomic mass is 35.5. The molecule has 0 aliphatic rings. The van der Waals surface area contributed by atoms with Gasteiger partial charge in [-0.1, -0.05) is 66.8 Å². The van der Waals surface area contributed by atoms with Crippen molar-refractivity contribution in [1.29, 1.82) is 0 Å². The minimum absolute atomic E-state index is 0.196. The summed E-state index contributed by atoms with van der Waals surface area (Å²) in [6, 6.07) is 8.68. The van der Waals surface area contributed by atoms with Crippen LogP contribution < -0.4 is 10.1 Å². The highest BCUT2D eigenvalue weighted by Crippen LogP contribution is 2.33. The van der Waals surface area contributed by atoms with Crippen LogP contribution in [0.5, 0.6) is 5.75 Å². The van der Waals surface area contributed by atoms with Crippen molar-refractivity contribution >= 4 is 52.4 Å². The number of ether oxygens (including phenoxy) is 2. The molecule has 0 saturated carbocycles. The maximum Gasteiger partial charge on any atom is 0.344 e. The molecular weight excluding hydrogens is 425 g/mol. The van der Waals surface area contributed by atoms with E-state index in [9.17, 15) is 9.59 Å². The molecule has 0 heterocycles. The third-order valence-electron chi connectivity index (χ3n) is 3.95. The number of halogens is 3. The van der Waals surface area contributed by atoms with Crippen LogP contribution in [0.2, 0.25) is 15.1 Å². The summed E-state index contributed by atoms with van der Waals surface area (Å²) in [6.07, 6.45) is 1.56. The SMILES string of the molecule is CCc1cccc(CC)c1NC(=O)COC(=O)COc1cc(Cl)c(Cl)cc1Cl. The first-order valence-electron chi connectivity index (χ1n) is 8.69. The Hall–Kier alpha value is -1.95. The zero-order valence-electron chi connectivity index (χ0n) is 15.5. The molecule has 0 atom stereocenters. The molecule has 0 radical (unpaired) electrons. The fourth-order valence-electron chi connectivity index (χ4n) is 2.52. The number of aryl methyl sites for hydroxylation is 2. The van der Waals surface area contributed by atoms with Crippen molar-refractivity contribution in [2.45, 2.75) is 26.7 Å². The Labute approximate surface area is 178 Å². The standard InChI is InChI=1S/C20H20Cl3NO4/c1-3-12-6-5-7-13(4-2)20(12)24-18(25)10-28-19(26)11-27-17-9-15(22)14(21)8-16(17)23/h5-9H,3-4,10-11H2,1-2H3,(H,24,25). The van der Waals surface area contributed by atoms with Crippen molar-refractivity contribution in [3.05, 3.63) is 56.5 Å². The number of hydrogen-bond donors (Lipinski definition) is 1. The number of benzene rings is 2. The molecule has 0 aliphatic heterocycles. The van der Waals surface area contributed by atoms with Crippen LogP contribution in [0.1, 0.15) is 25.0 Å². The second-order valence-corrected chi connectivity index (χ2v) is 7.07. The molecule has 0 fully saturated rings. The molecule has 2 aromatic rings. The van der Waals surface area contributed by atoms with Gasteiger partial charge in [0.1, 0.15) is 5.75 Å². The Morgan fingerprint density at radius 2 is 1.54 bits per heavy atom. The lowest BCUT2D eigenvalue weighted by Gasteiger charge is -2.14. The van der Waals surface area contributed by atoms with Gasteiger partial charge in [-0.2, -0.15) is 0 Å². The molecule has 28 heavy (non-hydrogen) atoms. The summed E-state index contributed by atoms with van der Waals surface area (Å²) < 4.78 is 10.2. The van der Waals surface area contributed by atoms with Crippen LogP contribution >= 0.6 is 34.8 Å². The van der Waals surface area contributed by atoms with Gasteiger partial charge in [-0.25, -0.2) is 4.79 Å². The van der Waals surface area contributed by atoms with Crippen molar-refractivity contribution in [2.24, 2.45) is 0 Å².